The van der Waals surface area contributed by atoms with Gasteiger partial charge < -0.3 is 5.11 Å². The number of aromatic hydroxyl groups is 1. The van der Waals surface area contributed by atoms with E-state index in [1.54, 1.807) is 49.4 Å². The number of halogens is 2. The second kappa shape index (κ2) is 7.86. The number of rotatable bonds is 4. The average molecular weight is 406 g/mol. The van der Waals surface area contributed by atoms with Gasteiger partial charge in [-0.05, 0) is 72.0 Å². The van der Waals surface area contributed by atoms with Crippen LogP contribution in [-0.4, -0.2) is 21.6 Å². The van der Waals surface area contributed by atoms with Gasteiger partial charge in [0.1, 0.15) is 10.6 Å². The lowest BCUT2D eigenvalue weighted by molar-refractivity contribution is 0.0959. The lowest BCUT2D eigenvalue weighted by Gasteiger charge is -2.00. The van der Waals surface area contributed by atoms with Crippen LogP contribution in [0.15, 0.2) is 47.6 Å². The third-order valence-corrected chi connectivity index (χ3v) is 4.88. The number of carbonyl (C=O) groups excluding carboxylic acids is 1. The molecule has 0 bridgehead atoms. The molecule has 3 rings (SSSR count). The van der Waals surface area contributed by atoms with Crippen molar-refractivity contribution in [1.82, 2.24) is 9.80 Å². The van der Waals surface area contributed by atoms with Crippen molar-refractivity contribution in [2.24, 2.45) is 5.10 Å². The molecule has 0 aliphatic rings. The van der Waals surface area contributed by atoms with Crippen molar-refractivity contribution in [2.75, 3.05) is 0 Å². The van der Waals surface area contributed by atoms with Crippen molar-refractivity contribution in [2.45, 2.75) is 6.92 Å². The van der Waals surface area contributed by atoms with Gasteiger partial charge in [-0.1, -0.05) is 23.2 Å². The maximum absolute atomic E-state index is 12.2. The fourth-order valence-electron chi connectivity index (χ4n) is 2.19. The molecule has 1 heterocycles. The number of nitrogens with one attached hydrogen (secondary N) is 1. The van der Waals surface area contributed by atoms with Gasteiger partial charge in [-0.15, -0.1) is 0 Å². The Hall–Kier alpha value is -2.41. The predicted octanol–water partition coefficient (Wildman–Crippen LogP) is 4.89. The van der Waals surface area contributed by atoms with E-state index in [4.69, 9.17) is 23.2 Å². The van der Waals surface area contributed by atoms with Gasteiger partial charge in [0.25, 0.3) is 5.91 Å². The molecular formula is C18H13Cl2N3O2S. The number of hydrogen-bond donors (Lipinski definition) is 2. The number of hydrazone groups is 1. The van der Waals surface area contributed by atoms with Gasteiger partial charge >= 0.3 is 0 Å². The van der Waals surface area contributed by atoms with Crippen molar-refractivity contribution < 1.29 is 9.90 Å². The molecule has 0 aliphatic heterocycles. The zero-order chi connectivity index (χ0) is 18.7. The van der Waals surface area contributed by atoms with Crippen LogP contribution in [0.4, 0.5) is 0 Å². The Bertz CT molecular complexity index is 1000. The molecule has 1 aromatic heterocycles. The molecule has 0 spiro atoms. The normalized spacial score (nSPS) is 11.0. The largest absolute Gasteiger partial charge is 0.508 e. The van der Waals surface area contributed by atoms with Crippen molar-refractivity contribution >= 4 is 46.9 Å². The monoisotopic (exact) mass is 405 g/mol. The van der Waals surface area contributed by atoms with Crippen molar-refractivity contribution in [3.05, 3.63) is 68.5 Å². The number of aromatic nitrogens is 1. The van der Waals surface area contributed by atoms with E-state index in [0.717, 1.165) is 22.7 Å². The lowest BCUT2D eigenvalue weighted by Crippen LogP contribution is -2.16. The average Bonchev–Trinajstić information content (AvgIpc) is 3.08. The first-order valence-electron chi connectivity index (χ1n) is 7.49. The Labute approximate surface area is 164 Å². The van der Waals surface area contributed by atoms with Gasteiger partial charge in [-0.3, -0.25) is 4.79 Å². The number of benzene rings is 2. The van der Waals surface area contributed by atoms with Gasteiger partial charge in [0.05, 0.1) is 16.9 Å². The molecule has 3 aromatic rings. The standard InChI is InChI=1S/C18H13Cl2N3O2S/c1-10-6-11(2-5-16(10)24)9-21-22-18(25)17-8-15(23-26-17)13-4-3-12(19)7-14(13)20/h2-9,24H,1H3,(H,22,25)/b21-9+. The van der Waals surface area contributed by atoms with Crippen LogP contribution in [0.2, 0.25) is 10.0 Å². The minimum absolute atomic E-state index is 0.212. The van der Waals surface area contributed by atoms with E-state index >= 15 is 0 Å². The van der Waals surface area contributed by atoms with Crippen molar-refractivity contribution in [3.8, 4) is 17.0 Å². The van der Waals surface area contributed by atoms with Crippen molar-refractivity contribution in [3.63, 3.8) is 0 Å². The molecule has 0 fully saturated rings. The highest BCUT2D eigenvalue weighted by Gasteiger charge is 2.13. The van der Waals surface area contributed by atoms with Crippen LogP contribution >= 0.6 is 34.7 Å². The van der Waals surface area contributed by atoms with Crippen LogP contribution < -0.4 is 5.43 Å². The molecule has 0 saturated heterocycles. The summed E-state index contributed by atoms with van der Waals surface area (Å²) in [5, 5.41) is 14.4. The second-order valence-corrected chi connectivity index (χ2v) is 7.09. The van der Waals surface area contributed by atoms with E-state index in [1.807, 2.05) is 0 Å². The quantitative estimate of drug-likeness (QED) is 0.478. The van der Waals surface area contributed by atoms with Crippen molar-refractivity contribution in [1.29, 1.82) is 0 Å². The van der Waals surface area contributed by atoms with Crippen LogP contribution in [0.1, 0.15) is 20.8 Å². The molecule has 0 saturated carbocycles. The fraction of sp³-hybridized carbons (Fsp3) is 0.0556. The summed E-state index contributed by atoms with van der Waals surface area (Å²) in [6, 6.07) is 11.8. The van der Waals surface area contributed by atoms with Crippen LogP contribution in [0.25, 0.3) is 11.3 Å². The Morgan fingerprint density at radius 2 is 2.04 bits per heavy atom. The zero-order valence-corrected chi connectivity index (χ0v) is 15.9. The van der Waals surface area contributed by atoms with Crippen LogP contribution in [0.3, 0.4) is 0 Å². The van der Waals surface area contributed by atoms with E-state index < -0.39 is 0 Å². The topological polar surface area (TPSA) is 74.6 Å². The molecule has 0 unspecified atom stereocenters. The first-order valence-corrected chi connectivity index (χ1v) is 9.02. The Morgan fingerprint density at radius 1 is 1.23 bits per heavy atom. The smallest absolute Gasteiger partial charge is 0.283 e. The summed E-state index contributed by atoms with van der Waals surface area (Å²) in [7, 11) is 0. The Balaban J connectivity index is 1.70. The summed E-state index contributed by atoms with van der Waals surface area (Å²) in [6.07, 6.45) is 1.50. The fourth-order valence-corrected chi connectivity index (χ4v) is 3.33. The van der Waals surface area contributed by atoms with E-state index in [-0.39, 0.29) is 11.7 Å². The van der Waals surface area contributed by atoms with Gasteiger partial charge in [0, 0.05) is 10.6 Å². The van der Waals surface area contributed by atoms with E-state index in [9.17, 15) is 9.90 Å². The van der Waals surface area contributed by atoms with Crippen LogP contribution in [-0.2, 0) is 0 Å². The molecule has 2 N–H and O–H groups in total. The van der Waals surface area contributed by atoms with E-state index in [2.05, 4.69) is 14.9 Å². The molecular weight excluding hydrogens is 393 g/mol. The Morgan fingerprint density at radius 3 is 2.77 bits per heavy atom. The number of hydrogen-bond acceptors (Lipinski definition) is 5. The summed E-state index contributed by atoms with van der Waals surface area (Å²) in [5.41, 5.74) is 5.25. The molecule has 26 heavy (non-hydrogen) atoms. The highest BCUT2D eigenvalue weighted by Crippen LogP contribution is 2.31. The number of aryl methyl sites for hydroxylation is 1. The third kappa shape index (κ3) is 4.22. The maximum Gasteiger partial charge on any atom is 0.283 e. The third-order valence-electron chi connectivity index (χ3n) is 3.54. The zero-order valence-electron chi connectivity index (χ0n) is 13.5. The first kappa shape index (κ1) is 18.4. The highest BCUT2D eigenvalue weighted by molar-refractivity contribution is 7.08. The molecule has 132 valence electrons. The lowest BCUT2D eigenvalue weighted by atomic mass is 10.1. The Kier molecular flexibility index (Phi) is 5.56. The van der Waals surface area contributed by atoms with Gasteiger partial charge in [-0.2, -0.15) is 9.47 Å². The van der Waals surface area contributed by atoms with E-state index in [0.29, 0.717) is 26.2 Å². The number of nitrogens with zero attached hydrogens (tertiary/aromatic N) is 2. The minimum atomic E-state index is -0.370. The first-order chi connectivity index (χ1) is 12.4. The number of carbonyl (C=O) groups is 1. The summed E-state index contributed by atoms with van der Waals surface area (Å²) < 4.78 is 4.26. The molecule has 1 amide bonds. The molecule has 5 nitrogen and oxygen atoms in total. The summed E-state index contributed by atoms with van der Waals surface area (Å²) >= 11 is 13.1. The highest BCUT2D eigenvalue weighted by atomic mass is 35.5. The molecule has 8 heteroatoms. The summed E-state index contributed by atoms with van der Waals surface area (Å²) in [5.74, 6) is -0.158. The number of amides is 1. The summed E-state index contributed by atoms with van der Waals surface area (Å²) in [6.45, 7) is 1.78. The summed E-state index contributed by atoms with van der Waals surface area (Å²) in [4.78, 5) is 12.6. The SMILES string of the molecule is Cc1cc(/C=N/NC(=O)c2cc(-c3ccc(Cl)cc3Cl)ns2)ccc1O. The molecule has 0 aliphatic carbocycles. The number of phenols is 1. The van der Waals surface area contributed by atoms with Gasteiger partial charge in [-0.25, -0.2) is 5.43 Å². The maximum atomic E-state index is 12.2. The van der Waals surface area contributed by atoms with E-state index in [1.165, 1.54) is 6.21 Å². The molecule has 0 atom stereocenters. The van der Waals surface area contributed by atoms with Gasteiger partial charge in [0.2, 0.25) is 0 Å². The second-order valence-electron chi connectivity index (χ2n) is 5.45. The van der Waals surface area contributed by atoms with Crippen LogP contribution in [0.5, 0.6) is 5.75 Å². The molecule has 2 aromatic carbocycles. The van der Waals surface area contributed by atoms with Crippen LogP contribution in [0, 0.1) is 6.92 Å². The number of phenolic OH excluding ortho intramolecular Hbond substituents is 1. The predicted molar refractivity (Wildman–Crippen MR) is 105 cm³/mol. The molecule has 0 radical (unpaired) electrons. The van der Waals surface area contributed by atoms with Gasteiger partial charge in [0.15, 0.2) is 0 Å². The minimum Gasteiger partial charge on any atom is -0.508 e.